The zero-order chi connectivity index (χ0) is 14.1. The molecular weight excluding hydrogens is 248 g/mol. The van der Waals surface area contributed by atoms with Crippen LogP contribution >= 0.6 is 0 Å². The number of aryl methyl sites for hydroxylation is 2. The Morgan fingerprint density at radius 2 is 2.35 bits per heavy atom. The predicted molar refractivity (Wildman–Crippen MR) is 79.9 cm³/mol. The van der Waals surface area contributed by atoms with E-state index in [9.17, 15) is 5.26 Å². The van der Waals surface area contributed by atoms with E-state index >= 15 is 0 Å². The van der Waals surface area contributed by atoms with Crippen LogP contribution in [-0.4, -0.2) is 43.6 Å². The van der Waals surface area contributed by atoms with Crippen LogP contribution < -0.4 is 4.90 Å². The molecule has 0 amide bonds. The quantitative estimate of drug-likeness (QED) is 0.840. The lowest BCUT2D eigenvalue weighted by atomic mass is 10.1. The highest BCUT2D eigenvalue weighted by Crippen LogP contribution is 2.27. The number of pyridine rings is 1. The molecule has 1 atom stereocenters. The molecule has 0 spiro atoms. The van der Waals surface area contributed by atoms with Crippen LogP contribution in [0.25, 0.3) is 0 Å². The zero-order valence-corrected chi connectivity index (χ0v) is 12.4. The van der Waals surface area contributed by atoms with Crippen molar-refractivity contribution in [1.29, 1.82) is 5.26 Å². The van der Waals surface area contributed by atoms with Gasteiger partial charge in [0, 0.05) is 25.8 Å². The van der Waals surface area contributed by atoms with Gasteiger partial charge in [0.25, 0.3) is 0 Å². The summed E-state index contributed by atoms with van der Waals surface area (Å²) in [5.41, 5.74) is 3.22. The number of anilines is 1. The van der Waals surface area contributed by atoms with Crippen LogP contribution in [0.1, 0.15) is 29.7 Å². The summed E-state index contributed by atoms with van der Waals surface area (Å²) in [7, 11) is 4.25. The van der Waals surface area contributed by atoms with Crippen LogP contribution in [0, 0.1) is 17.2 Å². The molecular formula is C16H22N4. The van der Waals surface area contributed by atoms with Gasteiger partial charge < -0.3 is 9.80 Å². The van der Waals surface area contributed by atoms with Crippen molar-refractivity contribution in [3.05, 3.63) is 22.9 Å². The van der Waals surface area contributed by atoms with Gasteiger partial charge in [-0.05, 0) is 56.8 Å². The maximum absolute atomic E-state index is 9.38. The molecule has 0 N–H and O–H groups in total. The fourth-order valence-electron chi connectivity index (χ4n) is 3.48. The van der Waals surface area contributed by atoms with E-state index in [0.717, 1.165) is 37.3 Å². The van der Waals surface area contributed by atoms with Gasteiger partial charge in [0.05, 0.1) is 5.56 Å². The van der Waals surface area contributed by atoms with Crippen LogP contribution in [-0.2, 0) is 12.8 Å². The second-order valence-electron chi connectivity index (χ2n) is 6.23. The molecule has 0 saturated carbocycles. The summed E-state index contributed by atoms with van der Waals surface area (Å²) >= 11 is 0. The molecule has 1 aliphatic carbocycles. The second kappa shape index (κ2) is 5.41. The van der Waals surface area contributed by atoms with E-state index in [1.165, 1.54) is 30.6 Å². The van der Waals surface area contributed by atoms with Gasteiger partial charge in [-0.1, -0.05) is 0 Å². The first-order chi connectivity index (χ1) is 9.67. The van der Waals surface area contributed by atoms with Gasteiger partial charge in [-0.15, -0.1) is 0 Å². The van der Waals surface area contributed by atoms with Crippen molar-refractivity contribution < 1.29 is 0 Å². The SMILES string of the molecule is CN1CCC(CN(C)c2nc3c(cc2C#N)CCC3)C1. The fourth-order valence-corrected chi connectivity index (χ4v) is 3.48. The third-order valence-corrected chi connectivity index (χ3v) is 4.53. The fraction of sp³-hybridized carbons (Fsp3) is 0.625. The number of likely N-dealkylation sites (tertiary alicyclic amines) is 1. The minimum atomic E-state index is 0.687. The van der Waals surface area contributed by atoms with Gasteiger partial charge >= 0.3 is 0 Å². The zero-order valence-electron chi connectivity index (χ0n) is 12.4. The molecule has 4 nitrogen and oxygen atoms in total. The normalized spacial score (nSPS) is 21.8. The highest BCUT2D eigenvalue weighted by molar-refractivity contribution is 5.56. The van der Waals surface area contributed by atoms with Crippen molar-refractivity contribution in [2.45, 2.75) is 25.7 Å². The molecule has 1 fully saturated rings. The van der Waals surface area contributed by atoms with E-state index < -0.39 is 0 Å². The Kier molecular flexibility index (Phi) is 3.62. The number of nitrogens with zero attached hydrogens (tertiary/aromatic N) is 4. The van der Waals surface area contributed by atoms with E-state index in [1.807, 2.05) is 0 Å². The number of fused-ring (bicyclic) bond motifs is 1. The lowest BCUT2D eigenvalue weighted by Gasteiger charge is -2.23. The molecule has 106 valence electrons. The Morgan fingerprint density at radius 3 is 3.05 bits per heavy atom. The van der Waals surface area contributed by atoms with Crippen LogP contribution in [0.2, 0.25) is 0 Å². The van der Waals surface area contributed by atoms with Gasteiger partial charge in [0.2, 0.25) is 0 Å². The number of hydrogen-bond acceptors (Lipinski definition) is 4. The van der Waals surface area contributed by atoms with E-state index in [1.54, 1.807) is 0 Å². The molecule has 1 unspecified atom stereocenters. The standard InChI is InChI=1S/C16H22N4/c1-19-7-6-12(10-19)11-20(2)16-14(9-17)8-13-4-3-5-15(13)18-16/h8,12H,3-7,10-11H2,1-2H3. The number of nitriles is 1. The topological polar surface area (TPSA) is 43.2 Å². The molecule has 20 heavy (non-hydrogen) atoms. The average molecular weight is 270 g/mol. The molecule has 2 heterocycles. The van der Waals surface area contributed by atoms with Gasteiger partial charge in [-0.3, -0.25) is 0 Å². The molecule has 0 radical (unpaired) electrons. The Bertz CT molecular complexity index is 546. The predicted octanol–water partition coefficient (Wildman–Crippen LogP) is 1.83. The molecule has 0 aromatic carbocycles. The summed E-state index contributed by atoms with van der Waals surface area (Å²) in [6, 6.07) is 4.38. The van der Waals surface area contributed by atoms with Crippen molar-refractivity contribution in [3.63, 3.8) is 0 Å². The minimum Gasteiger partial charge on any atom is -0.358 e. The van der Waals surface area contributed by atoms with Crippen LogP contribution in [0.4, 0.5) is 5.82 Å². The summed E-state index contributed by atoms with van der Waals surface area (Å²) in [4.78, 5) is 9.33. The summed E-state index contributed by atoms with van der Waals surface area (Å²) < 4.78 is 0. The first-order valence-corrected chi connectivity index (χ1v) is 7.50. The van der Waals surface area contributed by atoms with Crippen molar-refractivity contribution in [3.8, 4) is 6.07 Å². The molecule has 0 bridgehead atoms. The summed E-state index contributed by atoms with van der Waals surface area (Å²) in [5, 5.41) is 9.38. The van der Waals surface area contributed by atoms with Crippen molar-refractivity contribution in [1.82, 2.24) is 9.88 Å². The van der Waals surface area contributed by atoms with E-state index in [-0.39, 0.29) is 0 Å². The lowest BCUT2D eigenvalue weighted by Crippen LogP contribution is -2.28. The van der Waals surface area contributed by atoms with Crippen LogP contribution in [0.5, 0.6) is 0 Å². The summed E-state index contributed by atoms with van der Waals surface area (Å²) in [5.74, 6) is 1.56. The number of hydrogen-bond donors (Lipinski definition) is 0. The number of rotatable bonds is 3. The van der Waals surface area contributed by atoms with Gasteiger partial charge in [-0.25, -0.2) is 4.98 Å². The second-order valence-corrected chi connectivity index (χ2v) is 6.23. The minimum absolute atomic E-state index is 0.687. The van der Waals surface area contributed by atoms with Crippen molar-refractivity contribution in [2.24, 2.45) is 5.92 Å². The molecule has 3 rings (SSSR count). The molecule has 1 aromatic heterocycles. The third kappa shape index (κ3) is 2.51. The molecule has 1 aliphatic heterocycles. The monoisotopic (exact) mass is 270 g/mol. The van der Waals surface area contributed by atoms with E-state index in [0.29, 0.717) is 5.92 Å². The maximum Gasteiger partial charge on any atom is 0.146 e. The molecule has 1 saturated heterocycles. The Hall–Kier alpha value is -1.60. The first kappa shape index (κ1) is 13.4. The van der Waals surface area contributed by atoms with E-state index in [4.69, 9.17) is 4.98 Å². The summed E-state index contributed by atoms with van der Waals surface area (Å²) in [6.45, 7) is 3.32. The van der Waals surface area contributed by atoms with Crippen LogP contribution in [0.3, 0.4) is 0 Å². The average Bonchev–Trinajstić information content (AvgIpc) is 3.05. The molecule has 4 heteroatoms. The van der Waals surface area contributed by atoms with Crippen molar-refractivity contribution >= 4 is 5.82 Å². The van der Waals surface area contributed by atoms with Gasteiger partial charge in [0.15, 0.2) is 0 Å². The molecule has 1 aromatic rings. The van der Waals surface area contributed by atoms with Gasteiger partial charge in [-0.2, -0.15) is 5.26 Å². The number of aromatic nitrogens is 1. The van der Waals surface area contributed by atoms with Crippen LogP contribution in [0.15, 0.2) is 6.07 Å². The Morgan fingerprint density at radius 1 is 1.50 bits per heavy atom. The summed E-state index contributed by atoms with van der Waals surface area (Å²) in [6.07, 6.45) is 4.56. The lowest BCUT2D eigenvalue weighted by molar-refractivity contribution is 0.395. The first-order valence-electron chi connectivity index (χ1n) is 7.50. The molecule has 2 aliphatic rings. The highest BCUT2D eigenvalue weighted by Gasteiger charge is 2.23. The van der Waals surface area contributed by atoms with E-state index in [2.05, 4.69) is 36.0 Å². The Balaban J connectivity index is 1.80. The smallest absolute Gasteiger partial charge is 0.146 e. The maximum atomic E-state index is 9.38. The largest absolute Gasteiger partial charge is 0.358 e. The third-order valence-electron chi connectivity index (χ3n) is 4.53. The van der Waals surface area contributed by atoms with Crippen molar-refractivity contribution in [2.75, 3.05) is 38.6 Å². The van der Waals surface area contributed by atoms with Gasteiger partial charge in [0.1, 0.15) is 11.9 Å². The Labute approximate surface area is 121 Å². The highest BCUT2D eigenvalue weighted by atomic mass is 15.2.